The number of nitrogens with one attached hydrogen (secondary N) is 2. The molecule has 5 nitrogen and oxygen atoms in total. The van der Waals surface area contributed by atoms with Gasteiger partial charge in [-0.05, 0) is 25.5 Å². The first-order valence-electron chi connectivity index (χ1n) is 7.11. The zero-order valence-corrected chi connectivity index (χ0v) is 16.6. The third kappa shape index (κ3) is 7.83. The molecule has 130 valence electrons. The number of carbonyl (C=O) groups is 1. The molecule has 0 aliphatic rings. The van der Waals surface area contributed by atoms with Crippen LogP contribution in [0.15, 0.2) is 23.2 Å². The molecule has 1 aromatic carbocycles. The molecule has 23 heavy (non-hydrogen) atoms. The standard InChI is InChI=1S/C15H22ClFN4O.HI/c1-4-18-15(20-10-14(22)21(2)3)19-9-8-11-12(16)6-5-7-13(11)17;/h5-7H,4,8-10H2,1-3H3,(H2,18,19,20);1H. The summed E-state index contributed by atoms with van der Waals surface area (Å²) in [6.07, 6.45) is 0.428. The zero-order chi connectivity index (χ0) is 16.5. The van der Waals surface area contributed by atoms with Crippen LogP contribution in [0.1, 0.15) is 12.5 Å². The van der Waals surface area contributed by atoms with Crippen LogP contribution in [0.5, 0.6) is 0 Å². The second-order valence-corrected chi connectivity index (χ2v) is 5.27. The number of amides is 1. The lowest BCUT2D eigenvalue weighted by atomic mass is 10.1. The number of guanidine groups is 1. The van der Waals surface area contributed by atoms with Crippen LogP contribution < -0.4 is 10.6 Å². The SMILES string of the molecule is CCNC(=NCC(=O)N(C)C)NCCc1c(F)cccc1Cl.I. The van der Waals surface area contributed by atoms with Gasteiger partial charge in [0.2, 0.25) is 5.91 Å². The van der Waals surface area contributed by atoms with Gasteiger partial charge in [0.25, 0.3) is 0 Å². The van der Waals surface area contributed by atoms with Gasteiger partial charge in [-0.2, -0.15) is 0 Å². The topological polar surface area (TPSA) is 56.7 Å². The van der Waals surface area contributed by atoms with E-state index in [0.717, 1.165) is 0 Å². The summed E-state index contributed by atoms with van der Waals surface area (Å²) in [5, 5.41) is 6.50. The third-order valence-corrected chi connectivity index (χ3v) is 3.30. The van der Waals surface area contributed by atoms with Crippen molar-refractivity contribution < 1.29 is 9.18 Å². The van der Waals surface area contributed by atoms with Crippen molar-refractivity contribution in [1.29, 1.82) is 0 Å². The molecule has 0 unspecified atom stereocenters. The number of likely N-dealkylation sites (N-methyl/N-ethyl adjacent to an activating group) is 1. The van der Waals surface area contributed by atoms with E-state index in [1.165, 1.54) is 11.0 Å². The molecule has 1 rings (SSSR count). The first-order chi connectivity index (χ1) is 10.5. The van der Waals surface area contributed by atoms with E-state index in [2.05, 4.69) is 15.6 Å². The molecule has 0 saturated carbocycles. The highest BCUT2D eigenvalue weighted by Crippen LogP contribution is 2.18. The first-order valence-corrected chi connectivity index (χ1v) is 7.48. The minimum atomic E-state index is -0.320. The van der Waals surface area contributed by atoms with Gasteiger partial charge in [-0.3, -0.25) is 4.79 Å². The predicted molar refractivity (Wildman–Crippen MR) is 103 cm³/mol. The van der Waals surface area contributed by atoms with Crippen LogP contribution in [-0.2, 0) is 11.2 Å². The van der Waals surface area contributed by atoms with Crippen LogP contribution in [0.25, 0.3) is 0 Å². The number of benzene rings is 1. The van der Waals surface area contributed by atoms with E-state index in [4.69, 9.17) is 11.6 Å². The number of carbonyl (C=O) groups excluding carboxylic acids is 1. The van der Waals surface area contributed by atoms with Crippen molar-refractivity contribution in [2.45, 2.75) is 13.3 Å². The lowest BCUT2D eigenvalue weighted by Gasteiger charge is -2.13. The number of nitrogens with zero attached hydrogens (tertiary/aromatic N) is 2. The third-order valence-electron chi connectivity index (χ3n) is 2.94. The summed E-state index contributed by atoms with van der Waals surface area (Å²) in [6, 6.07) is 4.62. The normalized spacial score (nSPS) is 10.7. The average molecular weight is 457 g/mol. The Labute approximate surface area is 158 Å². The fourth-order valence-corrected chi connectivity index (χ4v) is 1.96. The molecule has 1 amide bonds. The molecule has 0 spiro atoms. The minimum Gasteiger partial charge on any atom is -0.357 e. The molecule has 8 heteroatoms. The molecule has 0 bridgehead atoms. The Morgan fingerprint density at radius 1 is 1.35 bits per heavy atom. The molecular formula is C15H23ClFIN4O. The van der Waals surface area contributed by atoms with Gasteiger partial charge >= 0.3 is 0 Å². The highest BCUT2D eigenvalue weighted by Gasteiger charge is 2.07. The molecule has 1 aromatic rings. The van der Waals surface area contributed by atoms with Gasteiger partial charge < -0.3 is 15.5 Å². The van der Waals surface area contributed by atoms with Gasteiger partial charge in [0, 0.05) is 37.8 Å². The quantitative estimate of drug-likeness (QED) is 0.392. The second kappa shape index (κ2) is 11.4. The lowest BCUT2D eigenvalue weighted by molar-refractivity contribution is -0.127. The van der Waals surface area contributed by atoms with E-state index in [1.54, 1.807) is 26.2 Å². The predicted octanol–water partition coefficient (Wildman–Crippen LogP) is 2.28. The van der Waals surface area contributed by atoms with Crippen molar-refractivity contribution in [2.75, 3.05) is 33.7 Å². The van der Waals surface area contributed by atoms with Gasteiger partial charge in [-0.25, -0.2) is 9.38 Å². The number of aliphatic imine (C=N–C) groups is 1. The maximum Gasteiger partial charge on any atom is 0.243 e. The Morgan fingerprint density at radius 2 is 2.04 bits per heavy atom. The largest absolute Gasteiger partial charge is 0.357 e. The number of rotatable bonds is 6. The van der Waals surface area contributed by atoms with Crippen LogP contribution in [0.3, 0.4) is 0 Å². The van der Waals surface area contributed by atoms with Crippen LogP contribution in [0.2, 0.25) is 5.02 Å². The highest BCUT2D eigenvalue weighted by atomic mass is 127. The van der Waals surface area contributed by atoms with Crippen molar-refractivity contribution in [3.63, 3.8) is 0 Å². The van der Waals surface area contributed by atoms with Gasteiger partial charge in [0.1, 0.15) is 12.4 Å². The number of hydrogen-bond acceptors (Lipinski definition) is 2. The Morgan fingerprint density at radius 3 is 2.61 bits per heavy atom. The van der Waals surface area contributed by atoms with Crippen LogP contribution in [0, 0.1) is 5.82 Å². The summed E-state index contributed by atoms with van der Waals surface area (Å²) in [6.45, 7) is 3.12. The Hall–Kier alpha value is -1.09. The summed E-state index contributed by atoms with van der Waals surface area (Å²) < 4.78 is 13.7. The first kappa shape index (κ1) is 21.9. The van der Waals surface area contributed by atoms with E-state index in [0.29, 0.717) is 36.1 Å². The van der Waals surface area contributed by atoms with E-state index in [-0.39, 0.29) is 42.2 Å². The summed E-state index contributed by atoms with van der Waals surface area (Å²) in [5.41, 5.74) is 0.469. The molecule has 0 radical (unpaired) electrons. The zero-order valence-electron chi connectivity index (χ0n) is 13.5. The minimum absolute atomic E-state index is 0. The van der Waals surface area contributed by atoms with Crippen molar-refractivity contribution >= 4 is 47.4 Å². The maximum atomic E-state index is 13.7. The van der Waals surface area contributed by atoms with E-state index in [1.807, 2.05) is 6.92 Å². The molecule has 0 heterocycles. The van der Waals surface area contributed by atoms with Crippen molar-refractivity contribution in [2.24, 2.45) is 4.99 Å². The maximum absolute atomic E-state index is 13.7. The van der Waals surface area contributed by atoms with Gasteiger partial charge in [0.15, 0.2) is 5.96 Å². The molecule has 0 fully saturated rings. The van der Waals surface area contributed by atoms with Gasteiger partial charge in [-0.1, -0.05) is 17.7 Å². The average Bonchev–Trinajstić information content (AvgIpc) is 2.47. The van der Waals surface area contributed by atoms with E-state index < -0.39 is 0 Å². The van der Waals surface area contributed by atoms with Crippen LogP contribution in [0.4, 0.5) is 4.39 Å². The van der Waals surface area contributed by atoms with Crippen molar-refractivity contribution in [3.05, 3.63) is 34.6 Å². The number of halogens is 3. The van der Waals surface area contributed by atoms with Crippen LogP contribution in [-0.4, -0.2) is 50.5 Å². The highest BCUT2D eigenvalue weighted by molar-refractivity contribution is 14.0. The Kier molecular flexibility index (Phi) is 10.9. The summed E-state index contributed by atoms with van der Waals surface area (Å²) >= 11 is 5.98. The van der Waals surface area contributed by atoms with Gasteiger partial charge in [-0.15, -0.1) is 24.0 Å². The molecule has 0 atom stereocenters. The van der Waals surface area contributed by atoms with Crippen LogP contribution >= 0.6 is 35.6 Å². The summed E-state index contributed by atoms with van der Waals surface area (Å²) in [7, 11) is 3.36. The van der Waals surface area contributed by atoms with Gasteiger partial charge in [0.05, 0.1) is 0 Å². The molecule has 0 aliphatic carbocycles. The Balaban J connectivity index is 0.00000484. The van der Waals surface area contributed by atoms with E-state index in [9.17, 15) is 9.18 Å². The lowest BCUT2D eigenvalue weighted by Crippen LogP contribution is -2.39. The fraction of sp³-hybridized carbons (Fsp3) is 0.467. The molecule has 2 N–H and O–H groups in total. The molecule has 0 aromatic heterocycles. The van der Waals surface area contributed by atoms with E-state index >= 15 is 0 Å². The Bertz CT molecular complexity index is 520. The second-order valence-electron chi connectivity index (χ2n) is 4.86. The smallest absolute Gasteiger partial charge is 0.243 e. The summed E-state index contributed by atoms with van der Waals surface area (Å²) in [4.78, 5) is 17.2. The van der Waals surface area contributed by atoms with Crippen molar-refractivity contribution in [3.8, 4) is 0 Å². The molecule has 0 saturated heterocycles. The number of hydrogen-bond donors (Lipinski definition) is 2. The molecular weight excluding hydrogens is 434 g/mol. The fourth-order valence-electron chi connectivity index (χ4n) is 1.71. The summed E-state index contributed by atoms with van der Waals surface area (Å²) in [5.74, 6) is 0.110. The monoisotopic (exact) mass is 456 g/mol. The van der Waals surface area contributed by atoms with Crippen molar-refractivity contribution in [1.82, 2.24) is 15.5 Å². The molecule has 0 aliphatic heterocycles.